The van der Waals surface area contributed by atoms with Crippen molar-refractivity contribution in [2.45, 2.75) is 94.1 Å². The second kappa shape index (κ2) is 14.6. The molecule has 0 saturated heterocycles. The Balaban J connectivity index is 1.36. The maximum Gasteiger partial charge on any atom is 0.167 e. The number of aliphatic hydroxyl groups excluding tert-OH is 1. The van der Waals surface area contributed by atoms with E-state index in [-0.39, 0.29) is 28.7 Å². The summed E-state index contributed by atoms with van der Waals surface area (Å²) in [4.78, 5) is 19.0. The van der Waals surface area contributed by atoms with Crippen LogP contribution >= 0.6 is 34.7 Å². The Morgan fingerprint density at radius 2 is 2.00 bits per heavy atom. The van der Waals surface area contributed by atoms with Crippen molar-refractivity contribution in [2.75, 3.05) is 12.4 Å². The second-order valence-corrected chi connectivity index (χ2v) is 16.2. The zero-order chi connectivity index (χ0) is 34.1. The quantitative estimate of drug-likeness (QED) is 0.108. The molecule has 3 aliphatic carbocycles. The van der Waals surface area contributed by atoms with Gasteiger partial charge in [0.2, 0.25) is 0 Å². The van der Waals surface area contributed by atoms with Gasteiger partial charge in [0.05, 0.1) is 28.5 Å². The number of hydrogen-bond acceptors (Lipinski definition) is 7. The number of nitrogens with zero attached hydrogens (tertiary/aromatic N) is 1. The molecule has 2 bridgehead atoms. The molecule has 7 rings (SSSR count). The van der Waals surface area contributed by atoms with Gasteiger partial charge in [0.1, 0.15) is 11.6 Å². The number of hydrogen-bond donors (Lipinski definition) is 2. The van der Waals surface area contributed by atoms with Gasteiger partial charge in [0.15, 0.2) is 10.1 Å². The number of Topliss-reactive ketones (excluding diaryl/α,β-unsaturated/α-hetero) is 1. The average molecular weight is 708 g/mol. The van der Waals surface area contributed by atoms with Crippen molar-refractivity contribution in [1.29, 1.82) is 0 Å². The van der Waals surface area contributed by atoms with Gasteiger partial charge in [-0.15, -0.1) is 11.3 Å². The van der Waals surface area contributed by atoms with Crippen LogP contribution in [0.3, 0.4) is 0 Å². The Morgan fingerprint density at radius 3 is 2.79 bits per heavy atom. The van der Waals surface area contributed by atoms with Crippen LogP contribution in [0.4, 0.5) is 4.39 Å². The smallest absolute Gasteiger partial charge is 0.167 e. The molecular weight excluding hydrogens is 665 g/mol. The van der Waals surface area contributed by atoms with Gasteiger partial charge in [0, 0.05) is 33.7 Å². The van der Waals surface area contributed by atoms with E-state index in [1.807, 2.05) is 43.3 Å². The van der Waals surface area contributed by atoms with Gasteiger partial charge >= 0.3 is 0 Å². The van der Waals surface area contributed by atoms with E-state index < -0.39 is 22.9 Å². The first-order valence-corrected chi connectivity index (χ1v) is 19.0. The Bertz CT molecular complexity index is 1820. The largest absolute Gasteiger partial charge is 0.494 e. The summed E-state index contributed by atoms with van der Waals surface area (Å²) < 4.78 is 22.5. The van der Waals surface area contributed by atoms with Crippen molar-refractivity contribution in [1.82, 2.24) is 4.98 Å². The van der Waals surface area contributed by atoms with Crippen LogP contribution in [0, 0.1) is 11.2 Å². The molecule has 4 aromatic rings. The number of ether oxygens (including phenoxy) is 1. The lowest BCUT2D eigenvalue weighted by molar-refractivity contribution is -0.0422. The number of carbonyl (C=O) groups is 1. The lowest BCUT2D eigenvalue weighted by Gasteiger charge is -2.44. The molecule has 3 aliphatic rings. The molecule has 0 spiro atoms. The number of aliphatic hydroxyl groups is 2. The summed E-state index contributed by atoms with van der Waals surface area (Å²) in [6, 6.07) is 16.3. The monoisotopic (exact) mass is 707 g/mol. The van der Waals surface area contributed by atoms with Crippen LogP contribution in [-0.2, 0) is 12.8 Å². The van der Waals surface area contributed by atoms with Crippen LogP contribution in [0.15, 0.2) is 70.6 Å². The van der Waals surface area contributed by atoms with Gasteiger partial charge in [-0.05, 0) is 112 Å². The minimum atomic E-state index is -1.03. The molecule has 0 aliphatic heterocycles. The number of allylic oxidation sites excluding steroid dienone is 2. The SMILES string of the molecule is CCOc1ccc2nc(SCC3(O)CCC4c5ccc(cc5C(=O)Cc5c(F)cccc5Cl)CC(O)CCC(C)=CCCC43C)sc2c1. The van der Waals surface area contributed by atoms with E-state index in [0.29, 0.717) is 43.6 Å². The highest BCUT2D eigenvalue weighted by Crippen LogP contribution is 2.60. The van der Waals surface area contributed by atoms with Gasteiger partial charge in [-0.1, -0.05) is 60.1 Å². The van der Waals surface area contributed by atoms with Crippen LogP contribution in [0.1, 0.15) is 92.3 Å². The van der Waals surface area contributed by atoms with E-state index in [1.54, 1.807) is 29.2 Å². The lowest BCUT2D eigenvalue weighted by Crippen LogP contribution is -2.46. The van der Waals surface area contributed by atoms with Gasteiger partial charge in [-0.3, -0.25) is 4.79 Å². The molecular formula is C39H43ClFNO4S2. The van der Waals surface area contributed by atoms with E-state index in [0.717, 1.165) is 50.7 Å². The molecule has 1 saturated carbocycles. The summed E-state index contributed by atoms with van der Waals surface area (Å²) in [6.45, 7) is 6.85. The van der Waals surface area contributed by atoms with Crippen molar-refractivity contribution in [3.8, 4) is 5.75 Å². The number of thiazole rings is 1. The van der Waals surface area contributed by atoms with E-state index in [1.165, 1.54) is 17.7 Å². The van der Waals surface area contributed by atoms with Crippen molar-refractivity contribution in [3.05, 3.63) is 99.3 Å². The molecule has 5 nitrogen and oxygen atoms in total. The van der Waals surface area contributed by atoms with E-state index in [2.05, 4.69) is 19.9 Å². The van der Waals surface area contributed by atoms with Crippen LogP contribution in [-0.4, -0.2) is 45.0 Å². The number of ketones is 1. The summed E-state index contributed by atoms with van der Waals surface area (Å²) in [5, 5.41) is 23.7. The molecule has 0 radical (unpaired) electrons. The minimum absolute atomic E-state index is 0.113. The molecule has 2 N–H and O–H groups in total. The third kappa shape index (κ3) is 7.24. The Labute approximate surface area is 295 Å². The standard InChI is InChI=1S/C39H43ClFNO4S2/c1-4-46-27-13-15-34-36(21-27)48-37(42-34)47-23-39(45)18-16-31-28-14-11-25(19-26(43)12-10-24(2)7-6-17-38(31,39)3)20-29(28)35(44)22-30-32(40)8-5-9-33(30)41/h5,7-9,11,13-15,20-21,26,31,43,45H,4,6,10,12,16-19,22-23H2,1-3H3. The molecule has 1 heterocycles. The van der Waals surface area contributed by atoms with Gasteiger partial charge in [-0.2, -0.15) is 0 Å². The molecule has 4 atom stereocenters. The topological polar surface area (TPSA) is 79.7 Å². The van der Waals surface area contributed by atoms with Crippen LogP contribution in [0.2, 0.25) is 5.02 Å². The zero-order valence-electron chi connectivity index (χ0n) is 27.7. The Morgan fingerprint density at radius 1 is 1.17 bits per heavy atom. The third-order valence-electron chi connectivity index (χ3n) is 10.5. The summed E-state index contributed by atoms with van der Waals surface area (Å²) >= 11 is 9.55. The van der Waals surface area contributed by atoms with E-state index >= 15 is 0 Å². The van der Waals surface area contributed by atoms with Crippen LogP contribution in [0.5, 0.6) is 5.75 Å². The fraction of sp³-hybridized carbons (Fsp3) is 0.436. The summed E-state index contributed by atoms with van der Waals surface area (Å²) in [6.07, 6.45) is 6.13. The van der Waals surface area contributed by atoms with Crippen molar-refractivity contribution in [3.63, 3.8) is 0 Å². The first-order valence-electron chi connectivity index (χ1n) is 16.8. The second-order valence-electron chi connectivity index (χ2n) is 13.6. The molecule has 1 aromatic heterocycles. The zero-order valence-corrected chi connectivity index (χ0v) is 30.1. The highest BCUT2D eigenvalue weighted by molar-refractivity contribution is 8.01. The van der Waals surface area contributed by atoms with Crippen LogP contribution < -0.4 is 4.74 Å². The highest BCUT2D eigenvalue weighted by atomic mass is 35.5. The number of thioether (sulfide) groups is 1. The molecule has 0 amide bonds. The molecule has 3 aromatic carbocycles. The average Bonchev–Trinajstić information content (AvgIpc) is 3.58. The van der Waals surface area contributed by atoms with Gasteiger partial charge in [0.25, 0.3) is 0 Å². The lowest BCUT2D eigenvalue weighted by atomic mass is 9.65. The molecule has 254 valence electrons. The Hall–Kier alpha value is -2.75. The fourth-order valence-corrected chi connectivity index (χ4v) is 10.2. The van der Waals surface area contributed by atoms with Crippen molar-refractivity contribution in [2.24, 2.45) is 5.41 Å². The minimum Gasteiger partial charge on any atom is -0.494 e. The normalized spacial score (nSPS) is 24.7. The predicted octanol–water partition coefficient (Wildman–Crippen LogP) is 9.74. The van der Waals surface area contributed by atoms with Gasteiger partial charge in [-0.25, -0.2) is 9.37 Å². The maximum atomic E-state index is 14.9. The summed E-state index contributed by atoms with van der Waals surface area (Å²) in [5.74, 6) is 0.455. The third-order valence-corrected chi connectivity index (χ3v) is 13.2. The first-order chi connectivity index (χ1) is 23.0. The highest BCUT2D eigenvalue weighted by Gasteiger charge is 2.56. The molecule has 4 unspecified atom stereocenters. The van der Waals surface area contributed by atoms with Gasteiger partial charge < -0.3 is 14.9 Å². The first kappa shape index (κ1) is 35.1. The number of fused-ring (bicyclic) bond motifs is 9. The number of rotatable bonds is 8. The predicted molar refractivity (Wildman–Crippen MR) is 194 cm³/mol. The molecule has 1 fully saturated rings. The maximum absolute atomic E-state index is 14.9. The summed E-state index contributed by atoms with van der Waals surface area (Å²) in [5.41, 5.74) is 2.99. The van der Waals surface area contributed by atoms with E-state index in [9.17, 15) is 19.4 Å². The van der Waals surface area contributed by atoms with E-state index in [4.69, 9.17) is 21.3 Å². The number of aromatic nitrogens is 1. The number of carbonyl (C=O) groups excluding carboxylic acids is 1. The van der Waals surface area contributed by atoms with Crippen molar-refractivity contribution < 1.29 is 24.1 Å². The summed E-state index contributed by atoms with van der Waals surface area (Å²) in [7, 11) is 0. The molecule has 9 heteroatoms. The fourth-order valence-electron chi connectivity index (χ4n) is 7.56. The van der Waals surface area contributed by atoms with Crippen LogP contribution in [0.25, 0.3) is 10.2 Å². The number of halogens is 2. The molecule has 48 heavy (non-hydrogen) atoms. The number of benzene rings is 3. The van der Waals surface area contributed by atoms with Crippen molar-refractivity contribution >= 4 is 50.7 Å². The Kier molecular flexibility index (Phi) is 10.7.